The summed E-state index contributed by atoms with van der Waals surface area (Å²) < 4.78 is 0. The minimum Gasteiger partial charge on any atom is -0.395 e. The minimum absolute atomic E-state index is 0.0252. The summed E-state index contributed by atoms with van der Waals surface area (Å²) in [5, 5.41) is 19.6. The van der Waals surface area contributed by atoms with E-state index in [1.165, 1.54) is 0 Å². The fourth-order valence-corrected chi connectivity index (χ4v) is 2.99. The highest BCUT2D eigenvalue weighted by Crippen LogP contribution is 2.41. The second-order valence-corrected chi connectivity index (χ2v) is 5.49. The first-order chi connectivity index (χ1) is 8.51. The lowest BCUT2D eigenvalue weighted by Crippen LogP contribution is -2.48. The maximum Gasteiger partial charge on any atom is 0.0630 e. The molecule has 0 aliphatic carbocycles. The highest BCUT2D eigenvalue weighted by atomic mass is 35.5. The molecule has 4 N–H and O–H groups in total. The first kappa shape index (κ1) is 13.8. The van der Waals surface area contributed by atoms with E-state index < -0.39 is 5.54 Å². The second-order valence-electron chi connectivity index (χ2n) is 5.05. The van der Waals surface area contributed by atoms with Gasteiger partial charge in [-0.25, -0.2) is 0 Å². The molecule has 18 heavy (non-hydrogen) atoms. The van der Waals surface area contributed by atoms with Gasteiger partial charge in [0.2, 0.25) is 0 Å². The molecule has 1 fully saturated rings. The highest BCUT2D eigenvalue weighted by molar-refractivity contribution is 6.30. The lowest BCUT2D eigenvalue weighted by molar-refractivity contribution is 0.133. The molecule has 1 aromatic rings. The quantitative estimate of drug-likeness (QED) is 0.759. The number of aliphatic hydroxyl groups is 2. The van der Waals surface area contributed by atoms with Gasteiger partial charge in [0.05, 0.1) is 24.8 Å². The van der Waals surface area contributed by atoms with Crippen molar-refractivity contribution in [2.75, 3.05) is 20.3 Å². The smallest absolute Gasteiger partial charge is 0.0630 e. The number of benzene rings is 1. The van der Waals surface area contributed by atoms with Gasteiger partial charge < -0.3 is 15.9 Å². The molecule has 1 aliphatic rings. The molecule has 0 radical (unpaired) electrons. The van der Waals surface area contributed by atoms with Crippen molar-refractivity contribution in [3.63, 3.8) is 0 Å². The molecule has 100 valence electrons. The molecule has 1 aliphatic heterocycles. The fraction of sp³-hybridized carbons (Fsp3) is 0.538. The zero-order chi connectivity index (χ0) is 13.3. The molecular formula is C13H19ClN2O2. The Labute approximate surface area is 112 Å². The molecule has 4 nitrogen and oxygen atoms in total. The van der Waals surface area contributed by atoms with Crippen molar-refractivity contribution in [1.29, 1.82) is 0 Å². The van der Waals surface area contributed by atoms with Crippen LogP contribution in [0.1, 0.15) is 18.0 Å². The number of halogens is 1. The number of rotatable bonds is 3. The zero-order valence-electron chi connectivity index (χ0n) is 10.4. The normalized spacial score (nSPS) is 32.9. The predicted molar refractivity (Wildman–Crippen MR) is 71.5 cm³/mol. The Morgan fingerprint density at radius 1 is 1.39 bits per heavy atom. The van der Waals surface area contributed by atoms with Gasteiger partial charge in [-0.3, -0.25) is 4.90 Å². The van der Waals surface area contributed by atoms with Crippen LogP contribution in [0.3, 0.4) is 0 Å². The minimum atomic E-state index is -0.726. The number of aliphatic hydroxyl groups excluding tert-OH is 2. The summed E-state index contributed by atoms with van der Waals surface area (Å²) >= 11 is 5.88. The number of likely N-dealkylation sites (tertiary alicyclic amines) is 1. The van der Waals surface area contributed by atoms with Crippen molar-refractivity contribution in [1.82, 2.24) is 4.90 Å². The summed E-state index contributed by atoms with van der Waals surface area (Å²) in [6, 6.07) is 7.32. The van der Waals surface area contributed by atoms with Crippen molar-refractivity contribution in [3.8, 4) is 0 Å². The van der Waals surface area contributed by atoms with Crippen LogP contribution in [0.25, 0.3) is 0 Å². The third kappa shape index (κ3) is 2.27. The molecule has 1 aromatic carbocycles. The van der Waals surface area contributed by atoms with E-state index in [4.69, 9.17) is 17.3 Å². The van der Waals surface area contributed by atoms with Crippen molar-refractivity contribution >= 4 is 11.6 Å². The average molecular weight is 271 g/mol. The van der Waals surface area contributed by atoms with Crippen LogP contribution in [0.15, 0.2) is 24.3 Å². The number of nitrogens with zero attached hydrogens (tertiary/aromatic N) is 1. The third-order valence-corrected chi connectivity index (χ3v) is 4.09. The van der Waals surface area contributed by atoms with Crippen LogP contribution in [0, 0.1) is 0 Å². The summed E-state index contributed by atoms with van der Waals surface area (Å²) in [5.74, 6) is 0. The van der Waals surface area contributed by atoms with Gasteiger partial charge in [-0.1, -0.05) is 23.7 Å². The van der Waals surface area contributed by atoms with Crippen molar-refractivity contribution in [2.24, 2.45) is 5.73 Å². The van der Waals surface area contributed by atoms with Crippen molar-refractivity contribution in [2.45, 2.75) is 24.0 Å². The summed E-state index contributed by atoms with van der Waals surface area (Å²) in [6.45, 7) is -0.0688. The fourth-order valence-electron chi connectivity index (χ4n) is 2.87. The SMILES string of the molecule is CN1[C@@H](CO)C[C@@](N)(CO)[C@H]1c1ccc(Cl)cc1. The topological polar surface area (TPSA) is 69.7 Å². The average Bonchev–Trinajstić information content (AvgIpc) is 2.63. The van der Waals surface area contributed by atoms with E-state index in [-0.39, 0.29) is 25.3 Å². The van der Waals surface area contributed by atoms with Crippen LogP contribution in [0.5, 0.6) is 0 Å². The summed E-state index contributed by atoms with van der Waals surface area (Å²) in [4.78, 5) is 2.03. The molecule has 0 saturated carbocycles. The van der Waals surface area contributed by atoms with Crippen LogP contribution in [-0.4, -0.2) is 47.0 Å². The van der Waals surface area contributed by atoms with Crippen LogP contribution in [-0.2, 0) is 0 Å². The molecule has 0 unspecified atom stereocenters. The molecule has 0 spiro atoms. The first-order valence-corrected chi connectivity index (χ1v) is 6.37. The summed E-state index contributed by atoms with van der Waals surface area (Å²) in [5.41, 5.74) is 6.58. The molecule has 5 heteroatoms. The van der Waals surface area contributed by atoms with E-state index in [0.29, 0.717) is 11.4 Å². The highest BCUT2D eigenvalue weighted by Gasteiger charge is 2.48. The Morgan fingerprint density at radius 2 is 2.00 bits per heavy atom. The Kier molecular flexibility index (Phi) is 3.94. The zero-order valence-corrected chi connectivity index (χ0v) is 11.1. The van der Waals surface area contributed by atoms with E-state index >= 15 is 0 Å². The largest absolute Gasteiger partial charge is 0.395 e. The molecule has 0 amide bonds. The molecule has 1 saturated heterocycles. The van der Waals surface area contributed by atoms with Gasteiger partial charge >= 0.3 is 0 Å². The van der Waals surface area contributed by atoms with Gasteiger partial charge in [0.1, 0.15) is 0 Å². The Balaban J connectivity index is 2.36. The van der Waals surface area contributed by atoms with E-state index in [1.54, 1.807) is 0 Å². The van der Waals surface area contributed by atoms with Gasteiger partial charge in [0.15, 0.2) is 0 Å². The Hall–Kier alpha value is -0.650. The van der Waals surface area contributed by atoms with Gasteiger partial charge in [-0.2, -0.15) is 0 Å². The summed E-state index contributed by atoms with van der Waals surface area (Å²) in [6.07, 6.45) is 0.573. The number of nitrogens with two attached hydrogens (primary N) is 1. The molecule has 0 bridgehead atoms. The lowest BCUT2D eigenvalue weighted by Gasteiger charge is -2.33. The molecule has 1 heterocycles. The van der Waals surface area contributed by atoms with Gasteiger partial charge in [-0.15, -0.1) is 0 Å². The molecule has 0 aromatic heterocycles. The monoisotopic (exact) mass is 270 g/mol. The Morgan fingerprint density at radius 3 is 2.50 bits per heavy atom. The molecule has 2 rings (SSSR count). The lowest BCUT2D eigenvalue weighted by atomic mass is 9.87. The van der Waals surface area contributed by atoms with Gasteiger partial charge in [0.25, 0.3) is 0 Å². The van der Waals surface area contributed by atoms with Crippen LogP contribution in [0.4, 0.5) is 0 Å². The van der Waals surface area contributed by atoms with Crippen LogP contribution < -0.4 is 5.73 Å². The van der Waals surface area contributed by atoms with Gasteiger partial charge in [-0.05, 0) is 31.2 Å². The van der Waals surface area contributed by atoms with E-state index in [9.17, 15) is 10.2 Å². The molecular weight excluding hydrogens is 252 g/mol. The van der Waals surface area contributed by atoms with Crippen LogP contribution in [0.2, 0.25) is 5.02 Å². The maximum absolute atomic E-state index is 9.58. The third-order valence-electron chi connectivity index (χ3n) is 3.83. The maximum atomic E-state index is 9.58. The Bertz CT molecular complexity index is 412. The standard InChI is InChI=1S/C13H19ClN2O2/c1-16-11(7-17)6-13(15,8-18)12(16)9-2-4-10(14)5-3-9/h2-5,11-12,17-18H,6-8,15H2,1H3/t11-,12-,13-/m1/s1. The van der Waals surface area contributed by atoms with E-state index in [1.807, 2.05) is 36.2 Å². The van der Waals surface area contributed by atoms with E-state index in [0.717, 1.165) is 5.56 Å². The van der Waals surface area contributed by atoms with Crippen molar-refractivity contribution in [3.05, 3.63) is 34.9 Å². The summed E-state index contributed by atoms with van der Waals surface area (Å²) in [7, 11) is 1.92. The van der Waals surface area contributed by atoms with Crippen molar-refractivity contribution < 1.29 is 10.2 Å². The predicted octanol–water partition coefficient (Wildman–Crippen LogP) is 0.767. The van der Waals surface area contributed by atoms with E-state index in [2.05, 4.69) is 0 Å². The second kappa shape index (κ2) is 5.15. The number of hydrogen-bond donors (Lipinski definition) is 3. The number of likely N-dealkylation sites (N-methyl/N-ethyl adjacent to an activating group) is 1. The van der Waals surface area contributed by atoms with Gasteiger partial charge in [0, 0.05) is 11.1 Å². The number of hydrogen-bond acceptors (Lipinski definition) is 4. The van der Waals surface area contributed by atoms with Crippen LogP contribution >= 0.6 is 11.6 Å². The molecule has 3 atom stereocenters. The first-order valence-electron chi connectivity index (χ1n) is 6.00.